The predicted molar refractivity (Wildman–Crippen MR) is 111 cm³/mol. The lowest BCUT2D eigenvalue weighted by molar-refractivity contribution is -0.388. The van der Waals surface area contributed by atoms with Crippen molar-refractivity contribution in [2.45, 2.75) is 14.9 Å². The molecule has 9 nitrogen and oxygen atoms in total. The zero-order chi connectivity index (χ0) is 22.0. The van der Waals surface area contributed by atoms with Crippen LogP contribution in [0.5, 0.6) is 0 Å². The molecular weight excluding hydrogens is 447 g/mol. The number of morpholine rings is 1. The highest BCUT2D eigenvalue weighted by Gasteiger charge is 2.29. The summed E-state index contributed by atoms with van der Waals surface area (Å²) < 4.78 is 45.2. The van der Waals surface area contributed by atoms with E-state index in [-0.39, 0.29) is 47.6 Å². The average molecular weight is 465 g/mol. The van der Waals surface area contributed by atoms with Crippen molar-refractivity contribution < 1.29 is 22.5 Å². The molecule has 162 valence electrons. The number of nitrogens with one attached hydrogen (secondary N) is 1. The van der Waals surface area contributed by atoms with Gasteiger partial charge in [0.25, 0.3) is 5.69 Å². The number of ether oxygens (including phenoxy) is 1. The van der Waals surface area contributed by atoms with Crippen LogP contribution < -0.4 is 0 Å². The fraction of sp³-hybridized carbons (Fsp3) is 0.211. The molecule has 31 heavy (non-hydrogen) atoms. The summed E-state index contributed by atoms with van der Waals surface area (Å²) >= 11 is 1.01. The molecule has 2 aromatic carbocycles. The van der Waals surface area contributed by atoms with Crippen molar-refractivity contribution in [1.29, 1.82) is 0 Å². The monoisotopic (exact) mass is 464 g/mol. The Bertz CT molecular complexity index is 1210. The van der Waals surface area contributed by atoms with Gasteiger partial charge in [-0.1, -0.05) is 0 Å². The topological polar surface area (TPSA) is 118 Å². The van der Waals surface area contributed by atoms with Gasteiger partial charge in [0.05, 0.1) is 39.8 Å². The Balaban J connectivity index is 1.60. The minimum atomic E-state index is -3.86. The standard InChI is InChI=1S/C19H17FN4O5S2/c20-14-3-1-13(2-4-14)16-12-21-19(22-16)30-18-6-5-15(11-17(18)24(25)26)31(27,28)23-7-9-29-10-8-23/h1-6,11-12H,7-10H2,(H,21,22). The van der Waals surface area contributed by atoms with Gasteiger partial charge in [-0.15, -0.1) is 0 Å². The summed E-state index contributed by atoms with van der Waals surface area (Å²) in [5, 5.41) is 12.0. The zero-order valence-electron chi connectivity index (χ0n) is 16.0. The molecule has 0 saturated carbocycles. The van der Waals surface area contributed by atoms with Crippen LogP contribution in [0.1, 0.15) is 0 Å². The molecular formula is C19H17FN4O5S2. The fourth-order valence-corrected chi connectivity index (χ4v) is 5.34. The van der Waals surface area contributed by atoms with Crippen LogP contribution in [0, 0.1) is 15.9 Å². The first-order chi connectivity index (χ1) is 14.8. The number of nitro benzene ring substituents is 1. The number of rotatable bonds is 6. The number of halogens is 1. The summed E-state index contributed by atoms with van der Waals surface area (Å²) in [4.78, 5) is 18.3. The maximum Gasteiger partial charge on any atom is 0.284 e. The van der Waals surface area contributed by atoms with Crippen LogP contribution >= 0.6 is 11.8 Å². The van der Waals surface area contributed by atoms with Gasteiger partial charge in [0.1, 0.15) is 5.82 Å². The minimum absolute atomic E-state index is 0.142. The van der Waals surface area contributed by atoms with Gasteiger partial charge in [0.15, 0.2) is 5.16 Å². The van der Waals surface area contributed by atoms with Gasteiger partial charge in [0.2, 0.25) is 10.0 Å². The number of H-pyrrole nitrogens is 1. The maximum atomic E-state index is 13.1. The molecule has 1 aromatic heterocycles. The third kappa shape index (κ3) is 4.61. The van der Waals surface area contributed by atoms with E-state index in [1.165, 1.54) is 28.6 Å². The van der Waals surface area contributed by atoms with E-state index in [0.29, 0.717) is 16.4 Å². The third-order valence-electron chi connectivity index (χ3n) is 4.65. The Morgan fingerprint density at radius 3 is 2.55 bits per heavy atom. The predicted octanol–water partition coefficient (Wildman–Crippen LogP) is 3.30. The number of hydrogen-bond donors (Lipinski definition) is 1. The van der Waals surface area contributed by atoms with Gasteiger partial charge >= 0.3 is 0 Å². The van der Waals surface area contributed by atoms with Crippen LogP contribution in [0.25, 0.3) is 11.3 Å². The molecule has 12 heteroatoms. The number of sulfonamides is 1. The van der Waals surface area contributed by atoms with Crippen LogP contribution in [-0.4, -0.2) is 53.9 Å². The normalized spacial score (nSPS) is 15.1. The SMILES string of the molecule is O=[N+]([O-])c1cc(S(=O)(=O)N2CCOCC2)ccc1Sc1ncc(-c2ccc(F)cc2)[nH]1. The van der Waals surface area contributed by atoms with Crippen molar-refractivity contribution in [2.24, 2.45) is 0 Å². The number of hydrogen-bond acceptors (Lipinski definition) is 7. The van der Waals surface area contributed by atoms with Gasteiger partial charge in [-0.25, -0.2) is 17.8 Å². The van der Waals surface area contributed by atoms with Crippen molar-refractivity contribution in [3.05, 3.63) is 64.6 Å². The highest BCUT2D eigenvalue weighted by atomic mass is 32.2. The molecule has 1 N–H and O–H groups in total. The highest BCUT2D eigenvalue weighted by Crippen LogP contribution is 2.36. The second-order valence-corrected chi connectivity index (χ2v) is 9.58. The second kappa shape index (κ2) is 8.75. The van der Waals surface area contributed by atoms with Gasteiger partial charge in [0, 0.05) is 19.2 Å². The summed E-state index contributed by atoms with van der Waals surface area (Å²) in [6.45, 7) is 0.963. The van der Waals surface area contributed by atoms with Gasteiger partial charge in [-0.05, 0) is 53.7 Å². The number of nitrogens with zero attached hydrogens (tertiary/aromatic N) is 3. The Morgan fingerprint density at radius 2 is 1.87 bits per heavy atom. The lowest BCUT2D eigenvalue weighted by Gasteiger charge is -2.26. The molecule has 0 radical (unpaired) electrons. The minimum Gasteiger partial charge on any atom is -0.379 e. The van der Waals surface area contributed by atoms with Crippen LogP contribution in [0.15, 0.2) is 63.6 Å². The van der Waals surface area contributed by atoms with E-state index in [0.717, 1.165) is 17.8 Å². The van der Waals surface area contributed by atoms with Crippen molar-refractivity contribution in [3.63, 3.8) is 0 Å². The largest absolute Gasteiger partial charge is 0.379 e. The molecule has 1 fully saturated rings. The van der Waals surface area contributed by atoms with Crippen LogP contribution in [0.4, 0.5) is 10.1 Å². The number of aromatic nitrogens is 2. The second-order valence-electron chi connectivity index (χ2n) is 6.61. The van der Waals surface area contributed by atoms with Gasteiger partial charge in [-0.2, -0.15) is 4.31 Å². The molecule has 0 unspecified atom stereocenters. The van der Waals surface area contributed by atoms with Crippen LogP contribution in [-0.2, 0) is 14.8 Å². The summed E-state index contributed by atoms with van der Waals surface area (Å²) in [6.07, 6.45) is 1.54. The maximum absolute atomic E-state index is 13.1. The lowest BCUT2D eigenvalue weighted by atomic mass is 10.2. The molecule has 1 aliphatic heterocycles. The Kier molecular flexibility index (Phi) is 6.05. The van der Waals surface area contributed by atoms with E-state index in [2.05, 4.69) is 9.97 Å². The van der Waals surface area contributed by atoms with Crippen molar-refractivity contribution >= 4 is 27.5 Å². The van der Waals surface area contributed by atoms with Crippen molar-refractivity contribution in [1.82, 2.24) is 14.3 Å². The summed E-state index contributed by atoms with van der Waals surface area (Å²) in [7, 11) is -3.86. The summed E-state index contributed by atoms with van der Waals surface area (Å²) in [5.41, 5.74) is 0.998. The van der Waals surface area contributed by atoms with E-state index in [1.807, 2.05) is 0 Å². The smallest absolute Gasteiger partial charge is 0.284 e. The summed E-state index contributed by atoms with van der Waals surface area (Å²) in [6, 6.07) is 9.64. The first kappa shape index (κ1) is 21.4. The third-order valence-corrected chi connectivity index (χ3v) is 7.51. The molecule has 1 aliphatic rings. The number of imidazole rings is 1. The van der Waals surface area contributed by atoms with Crippen LogP contribution in [0.2, 0.25) is 0 Å². The Hall–Kier alpha value is -2.80. The van der Waals surface area contributed by atoms with Gasteiger partial charge < -0.3 is 9.72 Å². The molecule has 4 rings (SSSR count). The van der Waals surface area contributed by atoms with Crippen molar-refractivity contribution in [3.8, 4) is 11.3 Å². The van der Waals surface area contributed by atoms with E-state index >= 15 is 0 Å². The van der Waals surface area contributed by atoms with E-state index < -0.39 is 14.9 Å². The molecule has 0 aliphatic carbocycles. The molecule has 1 saturated heterocycles. The lowest BCUT2D eigenvalue weighted by Crippen LogP contribution is -2.40. The molecule has 0 spiro atoms. The number of aromatic amines is 1. The quantitative estimate of drug-likeness (QED) is 0.439. The molecule has 2 heterocycles. The fourth-order valence-electron chi connectivity index (χ4n) is 3.06. The Labute approximate surface area is 181 Å². The number of benzene rings is 2. The molecule has 0 amide bonds. The van der Waals surface area contributed by atoms with E-state index in [1.54, 1.807) is 18.3 Å². The Morgan fingerprint density at radius 1 is 1.16 bits per heavy atom. The number of nitro groups is 1. The molecule has 0 bridgehead atoms. The van der Waals surface area contributed by atoms with Gasteiger partial charge in [-0.3, -0.25) is 10.1 Å². The average Bonchev–Trinajstić information content (AvgIpc) is 3.23. The molecule has 0 atom stereocenters. The van der Waals surface area contributed by atoms with Crippen LogP contribution in [0.3, 0.4) is 0 Å². The van der Waals surface area contributed by atoms with E-state index in [4.69, 9.17) is 4.74 Å². The zero-order valence-corrected chi connectivity index (χ0v) is 17.7. The van der Waals surface area contributed by atoms with E-state index in [9.17, 15) is 22.9 Å². The summed E-state index contributed by atoms with van der Waals surface area (Å²) in [5.74, 6) is -0.361. The first-order valence-electron chi connectivity index (χ1n) is 9.20. The first-order valence-corrected chi connectivity index (χ1v) is 11.5. The van der Waals surface area contributed by atoms with Crippen molar-refractivity contribution in [2.75, 3.05) is 26.3 Å². The molecule has 3 aromatic rings. The highest BCUT2D eigenvalue weighted by molar-refractivity contribution is 7.99.